The van der Waals surface area contributed by atoms with Crippen LogP contribution in [0.5, 0.6) is 0 Å². The molecule has 400 valence electrons. The molecule has 10 heteroatoms. The van der Waals surface area contributed by atoms with Gasteiger partial charge in [0, 0.05) is 12.8 Å². The lowest BCUT2D eigenvalue weighted by Crippen LogP contribution is -2.47. The van der Waals surface area contributed by atoms with E-state index in [1.807, 2.05) is 33.3 Å². The van der Waals surface area contributed by atoms with Gasteiger partial charge in [-0.25, -0.2) is 4.57 Å². The molecule has 1 amide bonds. The molecule has 0 aromatic heterocycles. The monoisotopic (exact) mass is 988 g/mol. The van der Waals surface area contributed by atoms with Crippen molar-refractivity contribution >= 4 is 19.7 Å². The van der Waals surface area contributed by atoms with E-state index < -0.39 is 20.0 Å². The summed E-state index contributed by atoms with van der Waals surface area (Å²) in [5.41, 5.74) is 0. The summed E-state index contributed by atoms with van der Waals surface area (Å²) in [5.74, 6) is -0.578. The van der Waals surface area contributed by atoms with E-state index >= 15 is 0 Å². The summed E-state index contributed by atoms with van der Waals surface area (Å²) < 4.78 is 30.5. The van der Waals surface area contributed by atoms with Crippen LogP contribution in [0.25, 0.3) is 0 Å². The fraction of sp³-hybridized carbons (Fsp3) is 0.763. The number of carbonyl (C=O) groups is 2. The maximum atomic E-state index is 13.5. The van der Waals surface area contributed by atoms with Gasteiger partial charge in [0.05, 0.1) is 33.8 Å². The van der Waals surface area contributed by atoms with Gasteiger partial charge < -0.3 is 19.4 Å². The lowest BCUT2D eigenvalue weighted by atomic mass is 10.1. The van der Waals surface area contributed by atoms with Crippen molar-refractivity contribution in [2.45, 2.75) is 251 Å². The molecule has 0 rings (SSSR count). The average Bonchev–Trinajstić information content (AvgIpc) is 3.31. The third-order valence-electron chi connectivity index (χ3n) is 12.1. The molecule has 0 radical (unpaired) electrons. The second-order valence-corrected chi connectivity index (χ2v) is 21.6. The summed E-state index contributed by atoms with van der Waals surface area (Å²) in [5, 5.41) is 3.03. The van der Waals surface area contributed by atoms with Crippen molar-refractivity contribution < 1.29 is 37.3 Å². The second-order valence-electron chi connectivity index (χ2n) is 20.1. The largest absolute Gasteiger partial charge is 0.472 e. The van der Waals surface area contributed by atoms with E-state index in [-0.39, 0.29) is 31.5 Å². The highest BCUT2D eigenvalue weighted by Crippen LogP contribution is 2.43. The molecule has 0 saturated heterocycles. The van der Waals surface area contributed by atoms with Crippen molar-refractivity contribution in [3.05, 3.63) is 72.9 Å². The van der Waals surface area contributed by atoms with Crippen LogP contribution < -0.4 is 5.32 Å². The molecular formula is C59H108N2O7P+. The van der Waals surface area contributed by atoms with Gasteiger partial charge >= 0.3 is 13.8 Å². The normalized spacial score (nSPS) is 14.4. The highest BCUT2D eigenvalue weighted by Gasteiger charge is 2.30. The first-order chi connectivity index (χ1) is 33.4. The van der Waals surface area contributed by atoms with E-state index in [1.54, 1.807) is 0 Å². The number of nitrogens with one attached hydrogen (secondary N) is 1. The molecule has 3 atom stereocenters. The van der Waals surface area contributed by atoms with E-state index in [9.17, 15) is 19.0 Å². The van der Waals surface area contributed by atoms with E-state index in [2.05, 4.69) is 86.8 Å². The molecule has 0 aliphatic carbocycles. The number of nitrogens with zero attached hydrogens (tertiary/aromatic N) is 1. The quantitative estimate of drug-likeness (QED) is 0.0205. The van der Waals surface area contributed by atoms with Gasteiger partial charge in [-0.2, -0.15) is 0 Å². The predicted octanol–water partition coefficient (Wildman–Crippen LogP) is 16.9. The molecule has 69 heavy (non-hydrogen) atoms. The number of allylic oxidation sites excluding steroid dienone is 11. The van der Waals surface area contributed by atoms with Gasteiger partial charge in [0.2, 0.25) is 5.91 Å². The Morgan fingerprint density at radius 2 is 0.899 bits per heavy atom. The van der Waals surface area contributed by atoms with Crippen LogP contribution in [0.15, 0.2) is 72.9 Å². The first kappa shape index (κ1) is 66.5. The minimum atomic E-state index is -4.46. The molecule has 0 spiro atoms. The summed E-state index contributed by atoms with van der Waals surface area (Å²) in [4.78, 5) is 37.5. The number of hydrogen-bond donors (Lipinski definition) is 2. The number of ether oxygens (including phenoxy) is 1. The average molecular weight is 988 g/mol. The van der Waals surface area contributed by atoms with Crippen LogP contribution in [0.3, 0.4) is 0 Å². The summed E-state index contributed by atoms with van der Waals surface area (Å²) in [6.07, 6.45) is 61.8. The van der Waals surface area contributed by atoms with Crippen molar-refractivity contribution in [3.63, 3.8) is 0 Å². The number of phosphoric ester groups is 1. The standard InChI is InChI=1S/C59H107N2O7P/c1-7-10-13-16-19-22-25-27-29-30-32-34-37-40-43-46-49-52-59(63)68-57(50-47-44-41-38-35-24-21-18-15-12-9-3)56(55-67-69(64,65)66-54-53-61(4,5)6)60-58(62)51-48-45-42-39-36-33-31-28-26-23-20-17-14-11-8-2/h19,22-23,26-27,29,32,34,40,43,47,50,56-57H,7-18,20-21,24-25,28,30-31,33,35-39,41-42,44-46,48-49,51-55H2,1-6H3,(H-,60,62,64,65)/p+1/b22-19-,26-23-,29-27-,34-32-,43-40-,50-47+. The summed E-state index contributed by atoms with van der Waals surface area (Å²) in [6.45, 7) is 6.91. The minimum Gasteiger partial charge on any atom is -0.456 e. The van der Waals surface area contributed by atoms with E-state index in [1.165, 1.54) is 122 Å². The van der Waals surface area contributed by atoms with Crippen LogP contribution in [0.1, 0.15) is 239 Å². The van der Waals surface area contributed by atoms with Crippen molar-refractivity contribution in [1.82, 2.24) is 5.32 Å². The Morgan fingerprint density at radius 1 is 0.507 bits per heavy atom. The lowest BCUT2D eigenvalue weighted by Gasteiger charge is -2.27. The zero-order valence-corrected chi connectivity index (χ0v) is 46.4. The summed E-state index contributed by atoms with van der Waals surface area (Å²) in [6, 6.07) is -0.873. The Kier molecular flexibility index (Phi) is 47.2. The number of phosphoric acid groups is 1. The first-order valence-corrected chi connectivity index (χ1v) is 29.8. The van der Waals surface area contributed by atoms with Crippen LogP contribution in [-0.4, -0.2) is 74.3 Å². The molecule has 0 heterocycles. The van der Waals surface area contributed by atoms with Crippen LogP contribution in [0.4, 0.5) is 0 Å². The second kappa shape index (κ2) is 49.0. The number of rotatable bonds is 50. The Morgan fingerprint density at radius 3 is 1.41 bits per heavy atom. The molecule has 0 fully saturated rings. The van der Waals surface area contributed by atoms with Crippen LogP contribution in [0, 0.1) is 0 Å². The fourth-order valence-electron chi connectivity index (χ4n) is 7.69. The smallest absolute Gasteiger partial charge is 0.456 e. The zero-order valence-electron chi connectivity index (χ0n) is 45.5. The summed E-state index contributed by atoms with van der Waals surface area (Å²) in [7, 11) is 1.46. The molecule has 0 aromatic rings. The molecule has 9 nitrogen and oxygen atoms in total. The third kappa shape index (κ3) is 50.2. The molecule has 0 aliphatic heterocycles. The topological polar surface area (TPSA) is 111 Å². The van der Waals surface area contributed by atoms with Crippen molar-refractivity contribution in [2.75, 3.05) is 40.9 Å². The number of esters is 1. The number of amides is 1. The van der Waals surface area contributed by atoms with Crippen molar-refractivity contribution in [2.24, 2.45) is 0 Å². The predicted molar refractivity (Wildman–Crippen MR) is 295 cm³/mol. The number of likely N-dealkylation sites (N-methyl/N-ethyl adjacent to an activating group) is 1. The van der Waals surface area contributed by atoms with Gasteiger partial charge in [-0.15, -0.1) is 0 Å². The molecule has 0 saturated carbocycles. The van der Waals surface area contributed by atoms with Gasteiger partial charge in [-0.05, 0) is 96.0 Å². The van der Waals surface area contributed by atoms with E-state index in [0.29, 0.717) is 23.9 Å². The fourth-order valence-corrected chi connectivity index (χ4v) is 8.43. The Hall–Kier alpha value is -2.55. The molecular weight excluding hydrogens is 880 g/mol. The Balaban J connectivity index is 5.44. The van der Waals surface area contributed by atoms with Gasteiger partial charge in [-0.1, -0.05) is 203 Å². The minimum absolute atomic E-state index is 0.0288. The van der Waals surface area contributed by atoms with Gasteiger partial charge in [0.15, 0.2) is 0 Å². The SMILES string of the molecule is CCCCC/C=C\C/C=C\C/C=C\C/C=C\CCCC(=O)OC(/C=C/CCCCCCCCCCC)C(COP(=O)(O)OCC[N+](C)(C)C)NC(=O)CCCCCCCCC/C=C\CCCCCC. The number of hydrogen-bond acceptors (Lipinski definition) is 6. The van der Waals surface area contributed by atoms with Crippen LogP contribution in [-0.2, 0) is 27.9 Å². The number of carbonyl (C=O) groups excluding carboxylic acids is 2. The molecule has 2 N–H and O–H groups in total. The van der Waals surface area contributed by atoms with E-state index in [4.69, 9.17) is 13.8 Å². The van der Waals surface area contributed by atoms with Gasteiger partial charge in [-0.3, -0.25) is 18.6 Å². The Bertz CT molecular complexity index is 1420. The first-order valence-electron chi connectivity index (χ1n) is 28.3. The third-order valence-corrected chi connectivity index (χ3v) is 13.1. The number of unbranched alkanes of at least 4 members (excludes halogenated alkanes) is 24. The zero-order chi connectivity index (χ0) is 50.8. The Labute approximate surface area is 425 Å². The molecule has 0 bridgehead atoms. The van der Waals surface area contributed by atoms with Crippen molar-refractivity contribution in [1.29, 1.82) is 0 Å². The highest BCUT2D eigenvalue weighted by molar-refractivity contribution is 7.47. The van der Waals surface area contributed by atoms with Crippen LogP contribution >= 0.6 is 7.82 Å². The number of quaternary nitrogens is 1. The summed E-state index contributed by atoms with van der Waals surface area (Å²) >= 11 is 0. The maximum absolute atomic E-state index is 13.5. The van der Waals surface area contributed by atoms with Gasteiger partial charge in [0.1, 0.15) is 19.3 Å². The lowest BCUT2D eigenvalue weighted by molar-refractivity contribution is -0.870. The maximum Gasteiger partial charge on any atom is 0.472 e. The van der Waals surface area contributed by atoms with Crippen LogP contribution in [0.2, 0.25) is 0 Å². The van der Waals surface area contributed by atoms with Crippen molar-refractivity contribution in [3.8, 4) is 0 Å². The van der Waals surface area contributed by atoms with E-state index in [0.717, 1.165) is 77.0 Å². The molecule has 0 aliphatic rings. The van der Waals surface area contributed by atoms with Gasteiger partial charge in [0.25, 0.3) is 0 Å². The molecule has 3 unspecified atom stereocenters. The highest BCUT2D eigenvalue weighted by atomic mass is 31.2. The molecule has 0 aromatic carbocycles.